The van der Waals surface area contributed by atoms with Crippen molar-refractivity contribution in [2.75, 3.05) is 10.6 Å². The fraction of sp³-hybridized carbons (Fsp3) is 0.545. The first kappa shape index (κ1) is 11.6. The van der Waals surface area contributed by atoms with Crippen molar-refractivity contribution in [2.45, 2.75) is 38.3 Å². The Balaban J connectivity index is 1.97. The van der Waals surface area contributed by atoms with Crippen LogP contribution in [0.5, 0.6) is 0 Å². The smallest absolute Gasteiger partial charge is 0.325 e. The van der Waals surface area contributed by atoms with Crippen molar-refractivity contribution >= 4 is 17.6 Å². The Morgan fingerprint density at radius 2 is 2.18 bits per heavy atom. The second-order valence-electron chi connectivity index (χ2n) is 4.26. The molecule has 1 aliphatic carbocycles. The van der Waals surface area contributed by atoms with E-state index in [2.05, 4.69) is 20.6 Å². The molecule has 0 aromatic carbocycles. The zero-order chi connectivity index (χ0) is 12.3. The summed E-state index contributed by atoms with van der Waals surface area (Å²) in [5.74, 6) is 0.360. The van der Waals surface area contributed by atoms with Crippen molar-refractivity contribution in [3.8, 4) is 0 Å². The molecule has 92 valence electrons. The fourth-order valence-electron chi connectivity index (χ4n) is 1.56. The number of rotatable bonds is 5. The highest BCUT2D eigenvalue weighted by molar-refractivity contribution is 5.76. The summed E-state index contributed by atoms with van der Waals surface area (Å²) < 4.78 is 0. The van der Waals surface area contributed by atoms with E-state index in [1.54, 1.807) is 13.0 Å². The van der Waals surface area contributed by atoms with Crippen LogP contribution in [0.25, 0.3) is 0 Å². The number of aliphatic carboxylic acids is 1. The summed E-state index contributed by atoms with van der Waals surface area (Å²) in [5.41, 5.74) is 0. The molecule has 0 radical (unpaired) electrons. The fourth-order valence-corrected chi connectivity index (χ4v) is 1.56. The summed E-state index contributed by atoms with van der Waals surface area (Å²) in [6, 6.07) is 1.56. The third-order valence-corrected chi connectivity index (χ3v) is 2.86. The Hall–Kier alpha value is -1.85. The van der Waals surface area contributed by atoms with Gasteiger partial charge in [0, 0.05) is 12.1 Å². The maximum atomic E-state index is 10.7. The maximum absolute atomic E-state index is 10.7. The molecule has 0 bridgehead atoms. The van der Waals surface area contributed by atoms with Crippen LogP contribution in [0.1, 0.15) is 26.2 Å². The normalized spacial score (nSPS) is 17.0. The average molecular weight is 236 g/mol. The predicted molar refractivity (Wildman–Crippen MR) is 64.0 cm³/mol. The van der Waals surface area contributed by atoms with Crippen LogP contribution >= 0.6 is 0 Å². The number of carboxylic acid groups (broad SMARTS) is 1. The number of nitrogens with zero attached hydrogens (tertiary/aromatic N) is 2. The maximum Gasteiger partial charge on any atom is 0.325 e. The largest absolute Gasteiger partial charge is 0.480 e. The molecule has 1 unspecified atom stereocenters. The van der Waals surface area contributed by atoms with Gasteiger partial charge in [-0.2, -0.15) is 0 Å². The van der Waals surface area contributed by atoms with E-state index >= 15 is 0 Å². The number of aromatic nitrogens is 2. The van der Waals surface area contributed by atoms with Crippen molar-refractivity contribution in [2.24, 2.45) is 0 Å². The summed E-state index contributed by atoms with van der Waals surface area (Å²) in [7, 11) is 0. The molecule has 1 saturated carbocycles. The van der Waals surface area contributed by atoms with E-state index in [1.807, 2.05) is 0 Å². The molecule has 1 fully saturated rings. The first-order valence-corrected chi connectivity index (χ1v) is 5.73. The predicted octanol–water partition coefficient (Wildman–Crippen LogP) is 1.33. The van der Waals surface area contributed by atoms with E-state index in [4.69, 9.17) is 5.11 Å². The standard InChI is InChI=1S/C11H16N4O2/c1-7(11(16)17)14-9-5-10(13-6-12-9)15-8-3-2-4-8/h5-8H,2-4H2,1H3,(H,16,17)(H2,12,13,14,15). The van der Waals surface area contributed by atoms with Crippen LogP contribution in [0.4, 0.5) is 11.6 Å². The van der Waals surface area contributed by atoms with E-state index < -0.39 is 12.0 Å². The van der Waals surface area contributed by atoms with Crippen LogP contribution in [0.15, 0.2) is 12.4 Å². The number of carboxylic acids is 1. The molecular weight excluding hydrogens is 220 g/mol. The molecule has 2 rings (SSSR count). The van der Waals surface area contributed by atoms with Crippen molar-refractivity contribution < 1.29 is 9.90 Å². The number of carbonyl (C=O) groups is 1. The van der Waals surface area contributed by atoms with Crippen LogP contribution in [0.2, 0.25) is 0 Å². The molecular formula is C11H16N4O2. The van der Waals surface area contributed by atoms with E-state index in [0.717, 1.165) is 18.7 Å². The summed E-state index contributed by atoms with van der Waals surface area (Å²) in [6.45, 7) is 1.57. The van der Waals surface area contributed by atoms with Crippen molar-refractivity contribution in [3.63, 3.8) is 0 Å². The van der Waals surface area contributed by atoms with Gasteiger partial charge in [-0.1, -0.05) is 0 Å². The lowest BCUT2D eigenvalue weighted by Gasteiger charge is -2.26. The van der Waals surface area contributed by atoms with Gasteiger partial charge in [-0.25, -0.2) is 9.97 Å². The Labute approximate surface area is 99.5 Å². The third-order valence-electron chi connectivity index (χ3n) is 2.86. The zero-order valence-corrected chi connectivity index (χ0v) is 9.68. The van der Waals surface area contributed by atoms with Crippen LogP contribution in [-0.2, 0) is 4.79 Å². The van der Waals surface area contributed by atoms with Crippen LogP contribution in [0.3, 0.4) is 0 Å². The lowest BCUT2D eigenvalue weighted by molar-refractivity contribution is -0.137. The van der Waals surface area contributed by atoms with Gasteiger partial charge in [0.15, 0.2) is 0 Å². The van der Waals surface area contributed by atoms with Gasteiger partial charge in [-0.15, -0.1) is 0 Å². The Morgan fingerprint density at radius 3 is 2.76 bits per heavy atom. The van der Waals surface area contributed by atoms with Gasteiger partial charge >= 0.3 is 5.97 Å². The van der Waals surface area contributed by atoms with Crippen LogP contribution < -0.4 is 10.6 Å². The number of anilines is 2. The van der Waals surface area contributed by atoms with Gasteiger partial charge < -0.3 is 15.7 Å². The number of nitrogens with one attached hydrogen (secondary N) is 2. The SMILES string of the molecule is CC(Nc1cc(NC2CCC2)ncn1)C(=O)O. The molecule has 6 heteroatoms. The molecule has 1 aliphatic rings. The molecule has 17 heavy (non-hydrogen) atoms. The lowest BCUT2D eigenvalue weighted by Crippen LogP contribution is -2.28. The van der Waals surface area contributed by atoms with Crippen molar-refractivity contribution in [3.05, 3.63) is 12.4 Å². The minimum Gasteiger partial charge on any atom is -0.480 e. The second kappa shape index (κ2) is 4.99. The number of hydrogen-bond acceptors (Lipinski definition) is 5. The minimum absolute atomic E-state index is 0.495. The molecule has 0 amide bonds. The summed E-state index contributed by atoms with van der Waals surface area (Å²) in [4.78, 5) is 18.8. The van der Waals surface area contributed by atoms with Gasteiger partial charge in [-0.3, -0.25) is 4.79 Å². The van der Waals surface area contributed by atoms with Gasteiger partial charge in [0.1, 0.15) is 24.0 Å². The summed E-state index contributed by atoms with van der Waals surface area (Å²) >= 11 is 0. The zero-order valence-electron chi connectivity index (χ0n) is 9.68. The van der Waals surface area contributed by atoms with Crippen molar-refractivity contribution in [1.82, 2.24) is 9.97 Å². The summed E-state index contributed by atoms with van der Waals surface area (Å²) in [5, 5.41) is 14.9. The molecule has 1 aromatic heterocycles. The first-order valence-electron chi connectivity index (χ1n) is 5.73. The molecule has 1 heterocycles. The topological polar surface area (TPSA) is 87.1 Å². The molecule has 0 spiro atoms. The van der Waals surface area contributed by atoms with E-state index in [1.165, 1.54) is 12.7 Å². The highest BCUT2D eigenvalue weighted by Gasteiger charge is 2.17. The Bertz CT molecular complexity index is 406. The highest BCUT2D eigenvalue weighted by atomic mass is 16.4. The van der Waals surface area contributed by atoms with E-state index in [9.17, 15) is 4.79 Å². The molecule has 6 nitrogen and oxygen atoms in total. The second-order valence-corrected chi connectivity index (χ2v) is 4.26. The lowest BCUT2D eigenvalue weighted by atomic mass is 9.93. The summed E-state index contributed by atoms with van der Waals surface area (Å²) in [6.07, 6.45) is 5.01. The van der Waals surface area contributed by atoms with Crippen molar-refractivity contribution in [1.29, 1.82) is 0 Å². The van der Waals surface area contributed by atoms with Gasteiger partial charge in [-0.05, 0) is 26.2 Å². The molecule has 1 aromatic rings. The number of hydrogen-bond donors (Lipinski definition) is 3. The quantitative estimate of drug-likeness (QED) is 0.714. The van der Waals surface area contributed by atoms with Gasteiger partial charge in [0.25, 0.3) is 0 Å². The Morgan fingerprint density at radius 1 is 1.47 bits per heavy atom. The molecule has 0 saturated heterocycles. The molecule has 1 atom stereocenters. The third kappa shape index (κ3) is 3.05. The minimum atomic E-state index is -0.905. The Kier molecular flexibility index (Phi) is 3.41. The molecule has 3 N–H and O–H groups in total. The molecule has 0 aliphatic heterocycles. The first-order chi connectivity index (χ1) is 8.15. The van der Waals surface area contributed by atoms with Gasteiger partial charge in [0.2, 0.25) is 0 Å². The monoisotopic (exact) mass is 236 g/mol. The van der Waals surface area contributed by atoms with Crippen LogP contribution in [-0.4, -0.2) is 33.1 Å². The average Bonchev–Trinajstić information content (AvgIpc) is 2.24. The van der Waals surface area contributed by atoms with E-state index in [0.29, 0.717) is 11.9 Å². The van der Waals surface area contributed by atoms with Crippen LogP contribution in [0, 0.1) is 0 Å². The van der Waals surface area contributed by atoms with E-state index in [-0.39, 0.29) is 0 Å². The highest BCUT2D eigenvalue weighted by Crippen LogP contribution is 2.22. The van der Waals surface area contributed by atoms with Gasteiger partial charge in [0.05, 0.1) is 0 Å².